The summed E-state index contributed by atoms with van der Waals surface area (Å²) in [4.78, 5) is 38.2. The predicted molar refractivity (Wildman–Crippen MR) is 111 cm³/mol. The number of aromatic carboxylic acids is 3. The molecule has 0 bridgehead atoms. The molecule has 2 aromatic carbocycles. The van der Waals surface area contributed by atoms with Gasteiger partial charge in [0.2, 0.25) is 0 Å². The van der Waals surface area contributed by atoms with Gasteiger partial charge in [-0.15, -0.1) is 0 Å². The van der Waals surface area contributed by atoms with Crippen LogP contribution in [0.5, 0.6) is 5.75 Å². The highest BCUT2D eigenvalue weighted by atomic mass is 16.4. The molecule has 1 aromatic heterocycles. The maximum atomic E-state index is 11.4. The van der Waals surface area contributed by atoms with E-state index in [9.17, 15) is 29.7 Å². The summed E-state index contributed by atoms with van der Waals surface area (Å²) < 4.78 is 1.71. The third-order valence-electron chi connectivity index (χ3n) is 4.70. The van der Waals surface area contributed by atoms with Crippen molar-refractivity contribution in [1.82, 2.24) is 4.57 Å². The van der Waals surface area contributed by atoms with E-state index in [1.165, 1.54) is 36.5 Å². The van der Waals surface area contributed by atoms with E-state index in [2.05, 4.69) is 4.99 Å². The molecule has 3 rings (SSSR count). The Morgan fingerprint density at radius 2 is 1.48 bits per heavy atom. The van der Waals surface area contributed by atoms with Gasteiger partial charge in [0.25, 0.3) is 0 Å². The molecule has 0 aliphatic heterocycles. The van der Waals surface area contributed by atoms with Crippen LogP contribution in [0.2, 0.25) is 0 Å². The zero-order valence-electron chi connectivity index (χ0n) is 16.5. The maximum absolute atomic E-state index is 11.4. The van der Waals surface area contributed by atoms with Gasteiger partial charge in [0.15, 0.2) is 0 Å². The fraction of sp³-hybridized carbons (Fsp3) is 0.0909. The van der Waals surface area contributed by atoms with Gasteiger partial charge < -0.3 is 25.0 Å². The monoisotopic (exact) mass is 422 g/mol. The number of carboxylic acids is 3. The van der Waals surface area contributed by atoms with E-state index in [1.807, 2.05) is 0 Å². The number of aryl methyl sites for hydroxylation is 1. The average molecular weight is 422 g/mol. The SMILES string of the molecule is Cc1cc(C=Nc2ccc(O)c(C(=O)O)c2)c(C)n1-c1cc(C(=O)O)cc(C(=O)O)c1. The summed E-state index contributed by atoms with van der Waals surface area (Å²) in [5.74, 6) is -4.12. The van der Waals surface area contributed by atoms with Crippen molar-refractivity contribution in [3.8, 4) is 11.4 Å². The highest BCUT2D eigenvalue weighted by Gasteiger charge is 2.16. The van der Waals surface area contributed by atoms with E-state index in [1.54, 1.807) is 24.5 Å². The molecule has 31 heavy (non-hydrogen) atoms. The van der Waals surface area contributed by atoms with Crippen LogP contribution in [0.3, 0.4) is 0 Å². The summed E-state index contributed by atoms with van der Waals surface area (Å²) in [5, 5.41) is 37.3. The van der Waals surface area contributed by atoms with Gasteiger partial charge in [-0.3, -0.25) is 4.99 Å². The van der Waals surface area contributed by atoms with Crippen molar-refractivity contribution in [2.75, 3.05) is 0 Å². The van der Waals surface area contributed by atoms with Crippen LogP contribution in [0.25, 0.3) is 5.69 Å². The van der Waals surface area contributed by atoms with Crippen LogP contribution >= 0.6 is 0 Å². The zero-order valence-corrected chi connectivity index (χ0v) is 16.5. The topological polar surface area (TPSA) is 149 Å². The molecular weight excluding hydrogens is 404 g/mol. The number of phenols is 1. The molecule has 9 heteroatoms. The molecule has 0 aliphatic carbocycles. The number of hydrogen-bond donors (Lipinski definition) is 4. The fourth-order valence-corrected chi connectivity index (χ4v) is 3.22. The van der Waals surface area contributed by atoms with Gasteiger partial charge >= 0.3 is 17.9 Å². The van der Waals surface area contributed by atoms with Gasteiger partial charge in [0.05, 0.1) is 16.8 Å². The molecule has 3 aromatic rings. The number of aromatic hydroxyl groups is 1. The van der Waals surface area contributed by atoms with Crippen LogP contribution in [0.4, 0.5) is 5.69 Å². The average Bonchev–Trinajstić information content (AvgIpc) is 2.99. The molecule has 0 unspecified atom stereocenters. The molecule has 0 atom stereocenters. The smallest absolute Gasteiger partial charge is 0.339 e. The summed E-state index contributed by atoms with van der Waals surface area (Å²) in [7, 11) is 0. The molecule has 0 fully saturated rings. The number of aliphatic imine (C=N–C) groups is 1. The number of hydrogen-bond acceptors (Lipinski definition) is 5. The van der Waals surface area contributed by atoms with Crippen molar-refractivity contribution in [1.29, 1.82) is 0 Å². The summed E-state index contributed by atoms with van der Waals surface area (Å²) >= 11 is 0. The zero-order chi connectivity index (χ0) is 22.9. The first kappa shape index (κ1) is 21.3. The number of rotatable bonds is 6. The maximum Gasteiger partial charge on any atom is 0.339 e. The molecule has 4 N–H and O–H groups in total. The summed E-state index contributed by atoms with van der Waals surface area (Å²) in [6.07, 6.45) is 1.51. The Labute approximate surface area is 176 Å². The minimum absolute atomic E-state index is 0.150. The minimum atomic E-state index is -1.28. The molecule has 0 radical (unpaired) electrons. The van der Waals surface area contributed by atoms with Gasteiger partial charge in [-0.1, -0.05) is 0 Å². The molecule has 0 aliphatic rings. The number of nitrogens with zero attached hydrogens (tertiary/aromatic N) is 2. The fourth-order valence-electron chi connectivity index (χ4n) is 3.22. The Bertz CT molecular complexity index is 1220. The molecule has 9 nitrogen and oxygen atoms in total. The van der Waals surface area contributed by atoms with E-state index in [0.717, 1.165) is 11.8 Å². The van der Waals surface area contributed by atoms with E-state index < -0.39 is 17.9 Å². The van der Waals surface area contributed by atoms with Gasteiger partial charge in [-0.05, 0) is 56.3 Å². The molecule has 158 valence electrons. The van der Waals surface area contributed by atoms with Crippen LogP contribution in [-0.4, -0.2) is 49.1 Å². The largest absolute Gasteiger partial charge is 0.507 e. The Hall–Kier alpha value is -4.40. The molecule has 0 amide bonds. The summed E-state index contributed by atoms with van der Waals surface area (Å²) in [5.41, 5.74) is 2.19. The van der Waals surface area contributed by atoms with Gasteiger partial charge in [0.1, 0.15) is 11.3 Å². The van der Waals surface area contributed by atoms with Crippen LogP contribution in [0, 0.1) is 13.8 Å². The van der Waals surface area contributed by atoms with Gasteiger partial charge in [-0.25, -0.2) is 14.4 Å². The Kier molecular flexibility index (Phi) is 5.60. The highest BCUT2D eigenvalue weighted by molar-refractivity contribution is 5.95. The van der Waals surface area contributed by atoms with E-state index in [0.29, 0.717) is 22.6 Å². The van der Waals surface area contributed by atoms with Crippen molar-refractivity contribution in [3.05, 3.63) is 76.1 Å². The number of benzene rings is 2. The molecule has 0 spiro atoms. The quantitative estimate of drug-likeness (QED) is 0.443. The normalized spacial score (nSPS) is 11.0. The van der Waals surface area contributed by atoms with Crippen molar-refractivity contribution in [2.24, 2.45) is 4.99 Å². The number of carboxylic acid groups (broad SMARTS) is 3. The summed E-state index contributed by atoms with van der Waals surface area (Å²) in [6, 6.07) is 9.59. The van der Waals surface area contributed by atoms with E-state index in [-0.39, 0.29) is 22.4 Å². The van der Waals surface area contributed by atoms with Crippen LogP contribution in [0.15, 0.2) is 47.5 Å². The second kappa shape index (κ2) is 8.15. The van der Waals surface area contributed by atoms with Gasteiger partial charge in [0, 0.05) is 28.9 Å². The third-order valence-corrected chi connectivity index (χ3v) is 4.70. The lowest BCUT2D eigenvalue weighted by Gasteiger charge is -2.12. The Balaban J connectivity index is 2.05. The van der Waals surface area contributed by atoms with Crippen LogP contribution < -0.4 is 0 Å². The molecule has 0 saturated heterocycles. The summed E-state index contributed by atoms with van der Waals surface area (Å²) in [6.45, 7) is 3.54. The lowest BCUT2D eigenvalue weighted by molar-refractivity contribution is 0.0680. The Morgan fingerprint density at radius 3 is 2.03 bits per heavy atom. The molecule has 0 saturated carbocycles. The minimum Gasteiger partial charge on any atom is -0.507 e. The van der Waals surface area contributed by atoms with Crippen LogP contribution in [0.1, 0.15) is 48.0 Å². The lowest BCUT2D eigenvalue weighted by atomic mass is 10.1. The van der Waals surface area contributed by atoms with Crippen molar-refractivity contribution in [3.63, 3.8) is 0 Å². The third kappa shape index (κ3) is 4.30. The molecule has 1 heterocycles. The molecular formula is C22H18N2O7. The predicted octanol–water partition coefficient (Wildman–Crippen LogP) is 3.64. The van der Waals surface area contributed by atoms with E-state index >= 15 is 0 Å². The number of aromatic nitrogens is 1. The van der Waals surface area contributed by atoms with Crippen molar-refractivity contribution in [2.45, 2.75) is 13.8 Å². The lowest BCUT2D eigenvalue weighted by Crippen LogP contribution is -2.07. The first-order chi connectivity index (χ1) is 14.6. The Morgan fingerprint density at radius 1 is 0.871 bits per heavy atom. The number of carbonyl (C=O) groups is 3. The first-order valence-corrected chi connectivity index (χ1v) is 9.00. The second-order valence-corrected chi connectivity index (χ2v) is 6.81. The van der Waals surface area contributed by atoms with Crippen molar-refractivity contribution >= 4 is 29.8 Å². The standard InChI is InChI=1S/C22H18N2O7/c1-11-5-15(10-23-16-3-4-19(25)18(9-16)22(30)31)12(2)24(11)17-7-13(20(26)27)6-14(8-17)21(28)29/h3-10,25H,1-2H3,(H,26,27)(H,28,29)(H,30,31). The van der Waals surface area contributed by atoms with Gasteiger partial charge in [-0.2, -0.15) is 0 Å². The van der Waals surface area contributed by atoms with Crippen LogP contribution in [-0.2, 0) is 0 Å². The first-order valence-electron chi connectivity index (χ1n) is 9.00. The van der Waals surface area contributed by atoms with E-state index in [4.69, 9.17) is 5.11 Å². The second-order valence-electron chi connectivity index (χ2n) is 6.81. The van der Waals surface area contributed by atoms with Crippen molar-refractivity contribution < 1.29 is 34.8 Å². The highest BCUT2D eigenvalue weighted by Crippen LogP contribution is 2.25.